The van der Waals surface area contributed by atoms with Crippen LogP contribution in [0.1, 0.15) is 40.0 Å². The average molecular weight is 267 g/mol. The van der Waals surface area contributed by atoms with E-state index >= 15 is 0 Å². The van der Waals surface area contributed by atoms with Crippen LogP contribution < -0.4 is 5.32 Å². The minimum absolute atomic E-state index is 0.0366. The minimum atomic E-state index is -0.311. The second-order valence-corrected chi connectivity index (χ2v) is 5.79. The van der Waals surface area contributed by atoms with Gasteiger partial charge in [-0.25, -0.2) is 0 Å². The number of hydrogen-bond donors (Lipinski definition) is 1. The first-order valence-electron chi connectivity index (χ1n) is 7.38. The van der Waals surface area contributed by atoms with E-state index in [-0.39, 0.29) is 23.9 Å². The van der Waals surface area contributed by atoms with E-state index < -0.39 is 0 Å². The molecule has 5 nitrogen and oxygen atoms in total. The number of hydrogen-bond acceptors (Lipinski definition) is 4. The van der Waals surface area contributed by atoms with Crippen molar-refractivity contribution < 1.29 is 9.59 Å². The van der Waals surface area contributed by atoms with Crippen molar-refractivity contribution >= 4 is 11.8 Å². The monoisotopic (exact) mass is 267 g/mol. The smallest absolute Gasteiger partial charge is 0.247 e. The summed E-state index contributed by atoms with van der Waals surface area (Å²) in [6.45, 7) is 8.95. The van der Waals surface area contributed by atoms with Crippen LogP contribution in [0.2, 0.25) is 0 Å². The van der Waals surface area contributed by atoms with E-state index in [1.165, 1.54) is 17.7 Å². The summed E-state index contributed by atoms with van der Waals surface area (Å²) in [4.78, 5) is 27.8. The zero-order chi connectivity index (χ0) is 14.0. The molecule has 2 rings (SSSR count). The van der Waals surface area contributed by atoms with Gasteiger partial charge >= 0.3 is 0 Å². The Labute approximate surface area is 115 Å². The van der Waals surface area contributed by atoms with Crippen LogP contribution in [0.15, 0.2) is 0 Å². The van der Waals surface area contributed by atoms with E-state index in [0.717, 1.165) is 19.6 Å². The molecular weight excluding hydrogens is 242 g/mol. The predicted molar refractivity (Wildman–Crippen MR) is 73.7 cm³/mol. The summed E-state index contributed by atoms with van der Waals surface area (Å²) in [5, 5.41) is 3.30. The Bertz CT molecular complexity index is 357. The molecule has 19 heavy (non-hydrogen) atoms. The first kappa shape index (κ1) is 14.5. The average Bonchev–Trinajstić information content (AvgIpc) is 2.91. The number of nitrogens with one attached hydrogen (secondary N) is 1. The molecule has 0 radical (unpaired) electrons. The van der Waals surface area contributed by atoms with Crippen molar-refractivity contribution in [1.82, 2.24) is 15.1 Å². The number of carbonyl (C=O) groups is 2. The lowest BCUT2D eigenvalue weighted by Crippen LogP contribution is -2.46. The summed E-state index contributed by atoms with van der Waals surface area (Å²) < 4.78 is 0. The highest BCUT2D eigenvalue weighted by atomic mass is 16.2. The van der Waals surface area contributed by atoms with Gasteiger partial charge in [0.25, 0.3) is 0 Å². The topological polar surface area (TPSA) is 52.7 Å². The molecule has 0 bridgehead atoms. The molecule has 2 aliphatic rings. The lowest BCUT2D eigenvalue weighted by atomic mass is 10.2. The van der Waals surface area contributed by atoms with Gasteiger partial charge in [0.2, 0.25) is 11.8 Å². The van der Waals surface area contributed by atoms with Crippen molar-refractivity contribution in [1.29, 1.82) is 0 Å². The summed E-state index contributed by atoms with van der Waals surface area (Å²) in [5.74, 6) is -0.0997. The van der Waals surface area contributed by atoms with Gasteiger partial charge in [-0.3, -0.25) is 19.4 Å². The molecule has 0 aromatic rings. The molecule has 2 saturated heterocycles. The molecule has 5 heteroatoms. The quantitative estimate of drug-likeness (QED) is 0.741. The van der Waals surface area contributed by atoms with E-state index in [2.05, 4.69) is 17.1 Å². The summed E-state index contributed by atoms with van der Waals surface area (Å²) in [5.41, 5.74) is 0. The van der Waals surface area contributed by atoms with E-state index in [9.17, 15) is 9.59 Å². The van der Waals surface area contributed by atoms with E-state index in [0.29, 0.717) is 12.5 Å². The van der Waals surface area contributed by atoms with E-state index in [4.69, 9.17) is 0 Å². The molecule has 0 aliphatic carbocycles. The largest absolute Gasteiger partial charge is 0.304 e. The van der Waals surface area contributed by atoms with Gasteiger partial charge in [-0.05, 0) is 39.8 Å². The van der Waals surface area contributed by atoms with Crippen molar-refractivity contribution in [3.8, 4) is 0 Å². The predicted octanol–water partition coefficient (Wildman–Crippen LogP) is 0.596. The highest BCUT2D eigenvalue weighted by molar-refractivity contribution is 6.05. The molecule has 2 heterocycles. The molecule has 0 spiro atoms. The molecule has 0 aromatic carbocycles. The van der Waals surface area contributed by atoms with Gasteiger partial charge < -0.3 is 5.32 Å². The van der Waals surface area contributed by atoms with Gasteiger partial charge in [0.15, 0.2) is 0 Å². The number of nitrogens with zero attached hydrogens (tertiary/aromatic N) is 2. The molecular formula is C14H25N3O2. The summed E-state index contributed by atoms with van der Waals surface area (Å²) in [7, 11) is 0. The standard InChI is InChI=1S/C14H25N3O2/c1-4-16-7-5-6-11(16)9-15-12-8-13(18)17(10(2)3)14(12)19/h10-12,15H,4-9H2,1-3H3. The lowest BCUT2D eigenvalue weighted by molar-refractivity contribution is -0.140. The van der Waals surface area contributed by atoms with Crippen molar-refractivity contribution in [3.63, 3.8) is 0 Å². The van der Waals surface area contributed by atoms with Crippen molar-refractivity contribution in [3.05, 3.63) is 0 Å². The van der Waals surface area contributed by atoms with E-state index in [1.54, 1.807) is 0 Å². The van der Waals surface area contributed by atoms with Crippen LogP contribution in [0, 0.1) is 0 Å². The van der Waals surface area contributed by atoms with Crippen molar-refractivity contribution in [2.24, 2.45) is 0 Å². The number of amides is 2. The fourth-order valence-electron chi connectivity index (χ4n) is 3.17. The Morgan fingerprint density at radius 3 is 2.68 bits per heavy atom. The van der Waals surface area contributed by atoms with Crippen LogP contribution in [-0.4, -0.2) is 59.4 Å². The maximum Gasteiger partial charge on any atom is 0.247 e. The second kappa shape index (κ2) is 6.01. The Morgan fingerprint density at radius 2 is 2.11 bits per heavy atom. The van der Waals surface area contributed by atoms with Crippen molar-refractivity contribution in [2.45, 2.75) is 58.2 Å². The molecule has 1 N–H and O–H groups in total. The number of rotatable bonds is 5. The highest BCUT2D eigenvalue weighted by Gasteiger charge is 2.40. The fourth-order valence-corrected chi connectivity index (χ4v) is 3.17. The molecule has 0 aromatic heterocycles. The lowest BCUT2D eigenvalue weighted by Gasteiger charge is -2.24. The fraction of sp³-hybridized carbons (Fsp3) is 0.857. The molecule has 2 atom stereocenters. The molecule has 108 valence electrons. The van der Waals surface area contributed by atoms with Gasteiger partial charge in [0.1, 0.15) is 0 Å². The van der Waals surface area contributed by atoms with Crippen LogP contribution in [-0.2, 0) is 9.59 Å². The Kier molecular flexibility index (Phi) is 4.58. The number of carbonyl (C=O) groups excluding carboxylic acids is 2. The summed E-state index contributed by atoms with van der Waals surface area (Å²) >= 11 is 0. The van der Waals surface area contributed by atoms with E-state index in [1.807, 2.05) is 13.8 Å². The Hall–Kier alpha value is -0.940. The number of imide groups is 1. The molecule has 2 fully saturated rings. The zero-order valence-electron chi connectivity index (χ0n) is 12.2. The summed E-state index contributed by atoms with van der Waals surface area (Å²) in [6.07, 6.45) is 2.73. The first-order valence-corrected chi connectivity index (χ1v) is 7.38. The van der Waals surface area contributed by atoms with Crippen LogP contribution in [0.4, 0.5) is 0 Å². The molecule has 2 aliphatic heterocycles. The third-order valence-corrected chi connectivity index (χ3v) is 4.20. The summed E-state index contributed by atoms with van der Waals surface area (Å²) in [6, 6.07) is 0.167. The molecule has 2 unspecified atom stereocenters. The van der Waals surface area contributed by atoms with Crippen LogP contribution >= 0.6 is 0 Å². The first-order chi connectivity index (χ1) is 9.04. The third kappa shape index (κ3) is 2.98. The Balaban J connectivity index is 1.87. The second-order valence-electron chi connectivity index (χ2n) is 5.79. The minimum Gasteiger partial charge on any atom is -0.304 e. The van der Waals surface area contributed by atoms with Crippen LogP contribution in [0.3, 0.4) is 0 Å². The third-order valence-electron chi connectivity index (χ3n) is 4.20. The van der Waals surface area contributed by atoms with Gasteiger partial charge in [-0.2, -0.15) is 0 Å². The maximum absolute atomic E-state index is 12.1. The maximum atomic E-state index is 12.1. The van der Waals surface area contributed by atoms with Gasteiger partial charge in [-0.1, -0.05) is 6.92 Å². The number of likely N-dealkylation sites (tertiary alicyclic amines) is 2. The SMILES string of the molecule is CCN1CCCC1CNC1CC(=O)N(C(C)C)C1=O. The number of likely N-dealkylation sites (N-methyl/N-ethyl adjacent to an activating group) is 1. The van der Waals surface area contributed by atoms with Crippen molar-refractivity contribution in [2.75, 3.05) is 19.6 Å². The Morgan fingerprint density at radius 1 is 1.37 bits per heavy atom. The van der Waals surface area contributed by atoms with Crippen LogP contribution in [0.5, 0.6) is 0 Å². The van der Waals surface area contributed by atoms with Gasteiger partial charge in [0.05, 0.1) is 12.5 Å². The highest BCUT2D eigenvalue weighted by Crippen LogP contribution is 2.19. The molecule has 0 saturated carbocycles. The van der Waals surface area contributed by atoms with Crippen LogP contribution in [0.25, 0.3) is 0 Å². The van der Waals surface area contributed by atoms with Gasteiger partial charge in [-0.15, -0.1) is 0 Å². The van der Waals surface area contributed by atoms with Gasteiger partial charge in [0, 0.05) is 18.6 Å². The normalized spacial score (nSPS) is 28.9. The molecule has 2 amide bonds. The zero-order valence-corrected chi connectivity index (χ0v) is 12.2.